The average Bonchev–Trinajstić information content (AvgIpc) is 3.13. The Morgan fingerprint density at radius 2 is 1.64 bits per heavy atom. The van der Waals surface area contributed by atoms with Crippen LogP contribution in [0.5, 0.6) is 0 Å². The number of alkyl carbamates (subject to hydrolysis) is 1. The van der Waals surface area contributed by atoms with Gasteiger partial charge in [-0.25, -0.2) is 9.59 Å². The lowest BCUT2D eigenvalue weighted by molar-refractivity contribution is -0.143. The van der Waals surface area contributed by atoms with Gasteiger partial charge in [-0.3, -0.25) is 4.79 Å². The van der Waals surface area contributed by atoms with Crippen LogP contribution in [0.1, 0.15) is 30.4 Å². The Bertz CT molecular complexity index is 949. The van der Waals surface area contributed by atoms with E-state index in [1.807, 2.05) is 36.4 Å². The van der Waals surface area contributed by atoms with E-state index in [0.29, 0.717) is 6.61 Å². The molecule has 1 unspecified atom stereocenters. The summed E-state index contributed by atoms with van der Waals surface area (Å²) >= 11 is 0. The van der Waals surface area contributed by atoms with Crippen molar-refractivity contribution in [2.75, 3.05) is 26.4 Å². The zero-order chi connectivity index (χ0) is 23.8. The highest BCUT2D eigenvalue weighted by atomic mass is 16.5. The van der Waals surface area contributed by atoms with Crippen LogP contribution >= 0.6 is 0 Å². The van der Waals surface area contributed by atoms with Gasteiger partial charge >= 0.3 is 12.1 Å². The summed E-state index contributed by atoms with van der Waals surface area (Å²) < 4.78 is 10.9. The van der Waals surface area contributed by atoms with Gasteiger partial charge in [-0.1, -0.05) is 48.5 Å². The van der Waals surface area contributed by atoms with E-state index >= 15 is 0 Å². The summed E-state index contributed by atoms with van der Waals surface area (Å²) in [5.74, 6) is -2.01. The fourth-order valence-corrected chi connectivity index (χ4v) is 3.92. The van der Waals surface area contributed by atoms with Gasteiger partial charge in [0.15, 0.2) is 0 Å². The SMILES string of the molecule is CCOC(CNC(=O)OCC1c2ccccc2-c2ccccc21)CC(=O)N[C@H](CO)C(=O)O. The predicted octanol–water partition coefficient (Wildman–Crippen LogP) is 1.88. The molecule has 0 heterocycles. The molecule has 2 aromatic rings. The first kappa shape index (κ1) is 24.2. The van der Waals surface area contributed by atoms with Crippen molar-refractivity contribution < 1.29 is 34.1 Å². The summed E-state index contributed by atoms with van der Waals surface area (Å²) in [4.78, 5) is 35.3. The number of rotatable bonds is 11. The monoisotopic (exact) mass is 456 g/mol. The van der Waals surface area contributed by atoms with Crippen molar-refractivity contribution in [2.24, 2.45) is 0 Å². The standard InChI is InChI=1S/C24H28N2O7/c1-2-32-15(11-22(28)26-21(13-27)23(29)30)12-25-24(31)33-14-20-18-9-5-3-7-16(18)17-8-4-6-10-19(17)20/h3-10,15,20-21,27H,2,11-14H2,1H3,(H,25,31)(H,26,28)(H,29,30)/t15?,21-/m1/s1. The van der Waals surface area contributed by atoms with Crippen LogP contribution in [-0.2, 0) is 19.1 Å². The molecular formula is C24H28N2O7. The van der Waals surface area contributed by atoms with Gasteiger partial charge in [0.2, 0.25) is 5.91 Å². The van der Waals surface area contributed by atoms with Crippen LogP contribution in [0.2, 0.25) is 0 Å². The average molecular weight is 456 g/mol. The van der Waals surface area contributed by atoms with Gasteiger partial charge in [-0.05, 0) is 29.2 Å². The fourth-order valence-electron chi connectivity index (χ4n) is 3.92. The van der Waals surface area contributed by atoms with Gasteiger partial charge in [0.05, 0.1) is 19.1 Å². The number of nitrogens with one attached hydrogen (secondary N) is 2. The van der Waals surface area contributed by atoms with Gasteiger partial charge in [0.1, 0.15) is 12.6 Å². The third-order valence-corrected chi connectivity index (χ3v) is 5.45. The topological polar surface area (TPSA) is 134 Å². The number of hydrogen-bond acceptors (Lipinski definition) is 6. The molecule has 0 aliphatic heterocycles. The first-order chi connectivity index (χ1) is 15.9. The second kappa shape index (κ2) is 11.4. The number of hydrogen-bond donors (Lipinski definition) is 4. The zero-order valence-corrected chi connectivity index (χ0v) is 18.3. The molecule has 9 nitrogen and oxygen atoms in total. The molecule has 3 rings (SSSR count). The third-order valence-electron chi connectivity index (χ3n) is 5.45. The Morgan fingerprint density at radius 3 is 2.18 bits per heavy atom. The van der Waals surface area contributed by atoms with Crippen LogP contribution in [0.3, 0.4) is 0 Å². The second-order valence-electron chi connectivity index (χ2n) is 7.63. The minimum atomic E-state index is -1.39. The number of aliphatic hydroxyl groups is 1. The number of fused-ring (bicyclic) bond motifs is 3. The van der Waals surface area contributed by atoms with E-state index in [1.54, 1.807) is 6.92 Å². The van der Waals surface area contributed by atoms with Gasteiger partial charge in [-0.2, -0.15) is 0 Å². The maximum absolute atomic E-state index is 12.3. The fraction of sp³-hybridized carbons (Fsp3) is 0.375. The molecule has 33 heavy (non-hydrogen) atoms. The van der Waals surface area contributed by atoms with E-state index < -0.39 is 36.7 Å². The molecule has 0 saturated heterocycles. The largest absolute Gasteiger partial charge is 0.480 e. The lowest BCUT2D eigenvalue weighted by Gasteiger charge is -2.19. The Labute approximate surface area is 191 Å². The molecule has 2 aromatic carbocycles. The highest BCUT2D eigenvalue weighted by molar-refractivity contribution is 5.84. The number of carboxylic acids is 1. The summed E-state index contributed by atoms with van der Waals surface area (Å²) in [6.07, 6.45) is -1.49. The summed E-state index contributed by atoms with van der Waals surface area (Å²) in [7, 11) is 0. The Morgan fingerprint density at radius 1 is 1.03 bits per heavy atom. The summed E-state index contributed by atoms with van der Waals surface area (Å²) in [5.41, 5.74) is 4.47. The third kappa shape index (κ3) is 6.09. The van der Waals surface area contributed by atoms with Crippen LogP contribution < -0.4 is 10.6 Å². The molecule has 0 saturated carbocycles. The number of carboxylic acid groups (broad SMARTS) is 1. The number of carbonyl (C=O) groups excluding carboxylic acids is 2. The minimum absolute atomic E-state index is 0.00873. The van der Waals surface area contributed by atoms with Crippen LogP contribution in [0, 0.1) is 0 Å². The van der Waals surface area contributed by atoms with Gasteiger partial charge in [-0.15, -0.1) is 0 Å². The molecule has 4 N–H and O–H groups in total. The van der Waals surface area contributed by atoms with E-state index in [0.717, 1.165) is 22.3 Å². The molecule has 1 aliphatic rings. The molecular weight excluding hydrogens is 428 g/mol. The van der Waals surface area contributed by atoms with Crippen molar-refractivity contribution >= 4 is 18.0 Å². The first-order valence-electron chi connectivity index (χ1n) is 10.8. The van der Waals surface area contributed by atoms with Crippen molar-refractivity contribution in [3.63, 3.8) is 0 Å². The zero-order valence-electron chi connectivity index (χ0n) is 18.3. The Kier molecular flexibility index (Phi) is 8.39. The van der Waals surface area contributed by atoms with Crippen LogP contribution in [0.25, 0.3) is 11.1 Å². The van der Waals surface area contributed by atoms with Crippen LogP contribution in [-0.4, -0.2) is 66.7 Å². The molecule has 2 amide bonds. The number of ether oxygens (including phenoxy) is 2. The van der Waals surface area contributed by atoms with E-state index in [2.05, 4.69) is 22.8 Å². The molecule has 2 atom stereocenters. The van der Waals surface area contributed by atoms with E-state index in [1.165, 1.54) is 0 Å². The Balaban J connectivity index is 1.53. The molecule has 1 aliphatic carbocycles. The first-order valence-corrected chi connectivity index (χ1v) is 10.8. The molecule has 0 aromatic heterocycles. The number of aliphatic hydroxyl groups excluding tert-OH is 1. The van der Waals surface area contributed by atoms with Crippen molar-refractivity contribution in [1.29, 1.82) is 0 Å². The Hall–Kier alpha value is -3.43. The summed E-state index contributed by atoms with van der Waals surface area (Å²) in [5, 5.41) is 22.8. The molecule has 9 heteroatoms. The number of carbonyl (C=O) groups is 3. The summed E-state index contributed by atoms with van der Waals surface area (Å²) in [6, 6.07) is 14.7. The van der Waals surface area contributed by atoms with E-state index in [9.17, 15) is 14.4 Å². The lowest BCUT2D eigenvalue weighted by atomic mass is 9.98. The van der Waals surface area contributed by atoms with Gasteiger partial charge in [0, 0.05) is 19.1 Å². The normalized spacial score (nSPS) is 14.0. The maximum Gasteiger partial charge on any atom is 0.407 e. The van der Waals surface area contributed by atoms with Crippen molar-refractivity contribution in [2.45, 2.75) is 31.4 Å². The summed E-state index contributed by atoms with van der Waals surface area (Å²) in [6.45, 7) is 1.49. The van der Waals surface area contributed by atoms with Crippen molar-refractivity contribution in [3.8, 4) is 11.1 Å². The molecule has 0 spiro atoms. The van der Waals surface area contributed by atoms with E-state index in [-0.39, 0.29) is 25.5 Å². The highest BCUT2D eigenvalue weighted by Gasteiger charge is 2.29. The van der Waals surface area contributed by atoms with Crippen LogP contribution in [0.15, 0.2) is 48.5 Å². The lowest BCUT2D eigenvalue weighted by Crippen LogP contribution is -2.45. The van der Waals surface area contributed by atoms with Crippen molar-refractivity contribution in [3.05, 3.63) is 59.7 Å². The number of amides is 2. The predicted molar refractivity (Wildman–Crippen MR) is 120 cm³/mol. The quantitative estimate of drug-likeness (QED) is 0.406. The van der Waals surface area contributed by atoms with E-state index in [4.69, 9.17) is 19.7 Å². The van der Waals surface area contributed by atoms with Gasteiger partial charge in [0.25, 0.3) is 0 Å². The minimum Gasteiger partial charge on any atom is -0.480 e. The number of aliphatic carboxylic acids is 1. The molecule has 176 valence electrons. The van der Waals surface area contributed by atoms with Gasteiger partial charge < -0.3 is 30.3 Å². The smallest absolute Gasteiger partial charge is 0.407 e. The van der Waals surface area contributed by atoms with Crippen LogP contribution in [0.4, 0.5) is 4.79 Å². The highest BCUT2D eigenvalue weighted by Crippen LogP contribution is 2.44. The molecule has 0 fully saturated rings. The molecule has 0 bridgehead atoms. The maximum atomic E-state index is 12.3. The molecule has 0 radical (unpaired) electrons. The van der Waals surface area contributed by atoms with Crippen molar-refractivity contribution in [1.82, 2.24) is 10.6 Å². The number of benzene rings is 2. The second-order valence-corrected chi connectivity index (χ2v) is 7.63.